The van der Waals surface area contributed by atoms with Crippen molar-refractivity contribution in [3.8, 4) is 28.5 Å². The first-order valence-corrected chi connectivity index (χ1v) is 9.92. The van der Waals surface area contributed by atoms with Gasteiger partial charge in [-0.15, -0.1) is 0 Å². The first kappa shape index (κ1) is 20.6. The monoisotopic (exact) mass is 420 g/mol. The number of carbonyl (C=O) groups is 2. The third kappa shape index (κ3) is 3.64. The summed E-state index contributed by atoms with van der Waals surface area (Å²) < 4.78 is 0. The van der Waals surface area contributed by atoms with Crippen LogP contribution in [0.15, 0.2) is 73.3 Å². The lowest BCUT2D eigenvalue weighted by Gasteiger charge is -2.13. The quantitative estimate of drug-likeness (QED) is 0.399. The average molecular weight is 420 g/mol. The van der Waals surface area contributed by atoms with Gasteiger partial charge >= 0.3 is 0 Å². The number of nitrogens with one attached hydrogen (secondary N) is 2. The van der Waals surface area contributed by atoms with E-state index in [0.717, 1.165) is 33.3 Å². The first-order chi connectivity index (χ1) is 15.4. The normalized spacial score (nSPS) is 10.5. The second kappa shape index (κ2) is 8.25. The molecule has 0 aliphatic rings. The maximum atomic E-state index is 12.1. The van der Waals surface area contributed by atoms with Crippen molar-refractivity contribution in [1.29, 1.82) is 5.26 Å². The molecule has 0 bridgehead atoms. The Morgan fingerprint density at radius 2 is 1.88 bits per heavy atom. The zero-order chi connectivity index (χ0) is 22.8. The maximum absolute atomic E-state index is 12.1. The molecule has 0 unspecified atom stereocenters. The minimum Gasteiger partial charge on any atom is -0.366 e. The molecule has 0 spiro atoms. The smallest absolute Gasteiger partial charge is 0.250 e. The molecule has 0 aliphatic heterocycles. The Hall–Kier alpha value is -4.63. The summed E-state index contributed by atoms with van der Waals surface area (Å²) in [6.45, 7) is 5.42. The fraction of sp³-hybridized carbons (Fsp3) is 0.0385. The van der Waals surface area contributed by atoms with E-state index < -0.39 is 5.91 Å². The van der Waals surface area contributed by atoms with Gasteiger partial charge in [-0.25, -0.2) is 0 Å². The fourth-order valence-corrected chi connectivity index (χ4v) is 3.82. The summed E-state index contributed by atoms with van der Waals surface area (Å²) >= 11 is 0. The second-order valence-corrected chi connectivity index (χ2v) is 7.36. The van der Waals surface area contributed by atoms with Gasteiger partial charge in [0.2, 0.25) is 5.91 Å². The van der Waals surface area contributed by atoms with Gasteiger partial charge in [0.15, 0.2) is 0 Å². The number of nitriles is 1. The minimum atomic E-state index is -0.538. The number of hydrogen-bond acceptors (Lipinski definition) is 3. The average Bonchev–Trinajstić information content (AvgIpc) is 3.25. The Labute approximate surface area is 185 Å². The van der Waals surface area contributed by atoms with E-state index in [-0.39, 0.29) is 5.91 Å². The van der Waals surface area contributed by atoms with Crippen molar-refractivity contribution in [2.75, 3.05) is 5.32 Å². The van der Waals surface area contributed by atoms with Crippen molar-refractivity contribution in [3.63, 3.8) is 0 Å². The van der Waals surface area contributed by atoms with Gasteiger partial charge in [0.1, 0.15) is 0 Å². The van der Waals surface area contributed by atoms with Crippen LogP contribution in [-0.4, -0.2) is 16.8 Å². The number of H-pyrrole nitrogens is 1. The Kier molecular flexibility index (Phi) is 5.32. The number of nitrogens with zero attached hydrogens (tertiary/aromatic N) is 1. The van der Waals surface area contributed by atoms with E-state index in [1.165, 1.54) is 6.08 Å². The molecule has 0 aliphatic carbocycles. The molecule has 6 nitrogen and oxygen atoms in total. The van der Waals surface area contributed by atoms with Crippen LogP contribution in [0.1, 0.15) is 21.5 Å². The number of amides is 2. The Morgan fingerprint density at radius 1 is 1.09 bits per heavy atom. The number of aromatic amines is 1. The van der Waals surface area contributed by atoms with Crippen LogP contribution in [0.3, 0.4) is 0 Å². The van der Waals surface area contributed by atoms with Crippen LogP contribution in [-0.2, 0) is 4.79 Å². The van der Waals surface area contributed by atoms with Crippen LogP contribution in [0.2, 0.25) is 0 Å². The molecule has 32 heavy (non-hydrogen) atoms. The second-order valence-electron chi connectivity index (χ2n) is 7.36. The SMILES string of the molecule is C=CC(=O)Nc1cccc(-c2ccc(C(N)=O)c3[nH]c(-c4cccc(C#N)c4)cc23)c1C. The number of aromatic nitrogens is 1. The lowest BCUT2D eigenvalue weighted by Crippen LogP contribution is -2.11. The summed E-state index contributed by atoms with van der Waals surface area (Å²) in [5.41, 5.74) is 12.1. The van der Waals surface area contributed by atoms with Crippen molar-refractivity contribution in [2.45, 2.75) is 6.92 Å². The van der Waals surface area contributed by atoms with E-state index in [1.807, 2.05) is 49.4 Å². The van der Waals surface area contributed by atoms with E-state index in [4.69, 9.17) is 5.73 Å². The van der Waals surface area contributed by atoms with Gasteiger partial charge in [0.05, 0.1) is 22.7 Å². The van der Waals surface area contributed by atoms with E-state index in [1.54, 1.807) is 18.2 Å². The Balaban J connectivity index is 1.95. The van der Waals surface area contributed by atoms with E-state index >= 15 is 0 Å². The summed E-state index contributed by atoms with van der Waals surface area (Å²) in [7, 11) is 0. The zero-order valence-corrected chi connectivity index (χ0v) is 17.4. The van der Waals surface area contributed by atoms with Crippen LogP contribution in [0.5, 0.6) is 0 Å². The molecule has 4 aromatic rings. The summed E-state index contributed by atoms with van der Waals surface area (Å²) in [5, 5.41) is 12.9. The summed E-state index contributed by atoms with van der Waals surface area (Å²) in [6, 6.07) is 20.5. The van der Waals surface area contributed by atoms with Gasteiger partial charge in [-0.3, -0.25) is 9.59 Å². The predicted molar refractivity (Wildman–Crippen MR) is 126 cm³/mol. The highest BCUT2D eigenvalue weighted by Crippen LogP contribution is 2.37. The number of rotatable bonds is 5. The van der Waals surface area contributed by atoms with Gasteiger partial charge < -0.3 is 16.0 Å². The van der Waals surface area contributed by atoms with Crippen LogP contribution < -0.4 is 11.1 Å². The topological polar surface area (TPSA) is 112 Å². The third-order valence-corrected chi connectivity index (χ3v) is 5.43. The zero-order valence-electron chi connectivity index (χ0n) is 17.4. The van der Waals surface area contributed by atoms with E-state index in [0.29, 0.717) is 22.3 Å². The van der Waals surface area contributed by atoms with Crippen molar-refractivity contribution in [2.24, 2.45) is 5.73 Å². The highest BCUT2D eigenvalue weighted by Gasteiger charge is 2.17. The summed E-state index contributed by atoms with van der Waals surface area (Å²) in [4.78, 5) is 27.2. The molecule has 0 radical (unpaired) electrons. The molecule has 3 aromatic carbocycles. The Morgan fingerprint density at radius 3 is 2.59 bits per heavy atom. The van der Waals surface area contributed by atoms with E-state index in [9.17, 15) is 14.9 Å². The van der Waals surface area contributed by atoms with Gasteiger partial charge in [0, 0.05) is 16.8 Å². The summed E-state index contributed by atoms with van der Waals surface area (Å²) in [5.74, 6) is -0.828. The number of anilines is 1. The molecule has 156 valence electrons. The molecule has 4 N–H and O–H groups in total. The fourth-order valence-electron chi connectivity index (χ4n) is 3.82. The highest BCUT2D eigenvalue weighted by molar-refractivity contribution is 6.11. The standard InChI is InChI=1S/C26H20N4O2/c1-3-24(31)29-22-9-5-8-18(15(22)2)19-10-11-20(26(28)32)25-21(19)13-23(30-25)17-7-4-6-16(12-17)14-27/h3-13,30H,1H2,2H3,(H2,28,32)(H,29,31). The summed E-state index contributed by atoms with van der Waals surface area (Å²) in [6.07, 6.45) is 1.22. The number of benzene rings is 3. The first-order valence-electron chi connectivity index (χ1n) is 9.92. The van der Waals surface area contributed by atoms with Crippen molar-refractivity contribution >= 4 is 28.4 Å². The molecule has 6 heteroatoms. The van der Waals surface area contributed by atoms with Crippen molar-refractivity contribution < 1.29 is 9.59 Å². The number of carbonyl (C=O) groups excluding carboxylic acids is 2. The molecule has 1 heterocycles. The molecule has 0 saturated heterocycles. The van der Waals surface area contributed by atoms with Gasteiger partial charge in [0.25, 0.3) is 5.91 Å². The molecule has 0 saturated carbocycles. The number of fused-ring (bicyclic) bond motifs is 1. The van der Waals surface area contributed by atoms with Crippen LogP contribution in [0.25, 0.3) is 33.3 Å². The van der Waals surface area contributed by atoms with Gasteiger partial charge in [-0.2, -0.15) is 5.26 Å². The predicted octanol–water partition coefficient (Wildman–Crippen LogP) is 4.91. The minimum absolute atomic E-state index is 0.291. The molecular formula is C26H20N4O2. The lowest BCUT2D eigenvalue weighted by atomic mass is 9.94. The molecule has 0 fully saturated rings. The number of nitrogens with two attached hydrogens (primary N) is 1. The van der Waals surface area contributed by atoms with Gasteiger partial charge in [-0.1, -0.05) is 36.9 Å². The van der Waals surface area contributed by atoms with Crippen LogP contribution in [0, 0.1) is 18.3 Å². The molecule has 4 rings (SSSR count). The van der Waals surface area contributed by atoms with E-state index in [2.05, 4.69) is 22.9 Å². The molecule has 0 atom stereocenters. The molecule has 2 amide bonds. The molecule has 1 aromatic heterocycles. The number of hydrogen-bond donors (Lipinski definition) is 3. The largest absolute Gasteiger partial charge is 0.366 e. The number of primary amides is 1. The van der Waals surface area contributed by atoms with Crippen molar-refractivity contribution in [3.05, 3.63) is 90.0 Å². The highest BCUT2D eigenvalue weighted by atomic mass is 16.1. The van der Waals surface area contributed by atoms with Crippen molar-refractivity contribution in [1.82, 2.24) is 4.98 Å². The molecular weight excluding hydrogens is 400 g/mol. The lowest BCUT2D eigenvalue weighted by molar-refractivity contribution is -0.111. The van der Waals surface area contributed by atoms with Crippen LogP contribution >= 0.6 is 0 Å². The maximum Gasteiger partial charge on any atom is 0.250 e. The third-order valence-electron chi connectivity index (χ3n) is 5.43. The van der Waals surface area contributed by atoms with Gasteiger partial charge in [-0.05, 0) is 65.6 Å². The van der Waals surface area contributed by atoms with Crippen LogP contribution in [0.4, 0.5) is 5.69 Å². The Bertz CT molecular complexity index is 1440.